The fourth-order valence-corrected chi connectivity index (χ4v) is 3.92. The van der Waals surface area contributed by atoms with Crippen molar-refractivity contribution in [3.63, 3.8) is 0 Å². The van der Waals surface area contributed by atoms with Gasteiger partial charge in [-0.25, -0.2) is 4.98 Å². The molecule has 3 aromatic carbocycles. The average Bonchev–Trinajstić information content (AvgIpc) is 3.16. The lowest BCUT2D eigenvalue weighted by Gasteiger charge is -2.03. The van der Waals surface area contributed by atoms with Crippen LogP contribution in [-0.2, 0) is 0 Å². The van der Waals surface area contributed by atoms with Gasteiger partial charge >= 0.3 is 0 Å². The smallest absolute Gasteiger partial charge is 0.257 e. The number of rotatable bonds is 4. The molecule has 0 aliphatic carbocycles. The van der Waals surface area contributed by atoms with Crippen molar-refractivity contribution < 1.29 is 4.79 Å². The average molecular weight is 377 g/mol. The molecule has 1 amide bonds. The third kappa shape index (κ3) is 3.49. The lowest BCUT2D eigenvalue weighted by atomic mass is 10.1. The lowest BCUT2D eigenvalue weighted by Crippen LogP contribution is -2.11. The molecule has 0 aliphatic heterocycles. The van der Waals surface area contributed by atoms with E-state index in [2.05, 4.69) is 40.6 Å². The van der Waals surface area contributed by atoms with Crippen LogP contribution in [0.4, 0.5) is 5.13 Å². The fourth-order valence-electron chi connectivity index (χ4n) is 2.75. The van der Waals surface area contributed by atoms with E-state index in [4.69, 9.17) is 0 Å². The fraction of sp³-hybridized carbons (Fsp3) is 0.0476. The van der Waals surface area contributed by atoms with Crippen molar-refractivity contribution in [3.05, 3.63) is 77.7 Å². The van der Waals surface area contributed by atoms with Crippen molar-refractivity contribution in [1.82, 2.24) is 4.98 Å². The van der Waals surface area contributed by atoms with Crippen LogP contribution in [0.15, 0.2) is 77.0 Å². The second kappa shape index (κ2) is 7.32. The molecule has 1 N–H and O–H groups in total. The first-order valence-corrected chi connectivity index (χ1v) is 10.2. The minimum absolute atomic E-state index is 0.139. The molecule has 0 fully saturated rings. The Labute approximate surface area is 160 Å². The molecule has 0 radical (unpaired) electrons. The van der Waals surface area contributed by atoms with Gasteiger partial charge in [-0.2, -0.15) is 0 Å². The monoisotopic (exact) mass is 376 g/mol. The van der Waals surface area contributed by atoms with E-state index in [1.807, 2.05) is 48.0 Å². The number of thioether (sulfide) groups is 1. The normalized spacial score (nSPS) is 10.8. The minimum atomic E-state index is -0.139. The number of anilines is 1. The molecule has 0 saturated carbocycles. The number of hydrogen-bond acceptors (Lipinski definition) is 4. The van der Waals surface area contributed by atoms with Gasteiger partial charge in [0.05, 0.1) is 5.69 Å². The Morgan fingerprint density at radius 3 is 2.69 bits per heavy atom. The highest BCUT2D eigenvalue weighted by atomic mass is 32.2. The minimum Gasteiger partial charge on any atom is -0.298 e. The largest absolute Gasteiger partial charge is 0.298 e. The molecule has 0 aliphatic rings. The maximum absolute atomic E-state index is 12.4. The van der Waals surface area contributed by atoms with Crippen LogP contribution >= 0.6 is 23.1 Å². The topological polar surface area (TPSA) is 42.0 Å². The zero-order chi connectivity index (χ0) is 17.9. The summed E-state index contributed by atoms with van der Waals surface area (Å²) in [6.45, 7) is 0. The van der Waals surface area contributed by atoms with E-state index in [1.165, 1.54) is 22.1 Å². The number of benzene rings is 3. The van der Waals surface area contributed by atoms with E-state index in [-0.39, 0.29) is 5.91 Å². The van der Waals surface area contributed by atoms with Crippen LogP contribution in [0.25, 0.3) is 22.0 Å². The van der Waals surface area contributed by atoms with Crippen molar-refractivity contribution in [2.75, 3.05) is 11.6 Å². The van der Waals surface area contributed by atoms with Gasteiger partial charge in [-0.05, 0) is 41.3 Å². The van der Waals surface area contributed by atoms with Gasteiger partial charge in [-0.3, -0.25) is 10.1 Å². The number of thiazole rings is 1. The Hall–Kier alpha value is -2.63. The van der Waals surface area contributed by atoms with Gasteiger partial charge in [0.2, 0.25) is 0 Å². The molecule has 0 saturated heterocycles. The van der Waals surface area contributed by atoms with E-state index < -0.39 is 0 Å². The maximum Gasteiger partial charge on any atom is 0.257 e. The number of nitrogens with one attached hydrogen (secondary N) is 1. The predicted octanol–water partition coefficient (Wildman–Crippen LogP) is 5.94. The van der Waals surface area contributed by atoms with Crippen LogP contribution in [-0.4, -0.2) is 17.1 Å². The molecule has 4 aromatic rings. The molecule has 1 aromatic heterocycles. The van der Waals surface area contributed by atoms with E-state index in [1.54, 1.807) is 11.8 Å². The first kappa shape index (κ1) is 16.8. The van der Waals surface area contributed by atoms with Crippen LogP contribution in [0.2, 0.25) is 0 Å². The summed E-state index contributed by atoms with van der Waals surface area (Å²) in [5.41, 5.74) is 2.55. The SMILES string of the molecule is CSc1cccc(C(=O)Nc2nc(-c3ccc4ccccc4c3)cs2)c1. The molecule has 1 heterocycles. The molecule has 0 spiro atoms. The molecule has 3 nitrogen and oxygen atoms in total. The Bertz CT molecular complexity index is 1090. The van der Waals surface area contributed by atoms with Crippen molar-refractivity contribution in [2.24, 2.45) is 0 Å². The van der Waals surface area contributed by atoms with Gasteiger partial charge in [0, 0.05) is 21.4 Å². The van der Waals surface area contributed by atoms with Gasteiger partial charge < -0.3 is 0 Å². The van der Waals surface area contributed by atoms with Gasteiger partial charge in [0.1, 0.15) is 0 Å². The molecule has 0 bridgehead atoms. The Morgan fingerprint density at radius 1 is 1.00 bits per heavy atom. The van der Waals surface area contributed by atoms with Crippen molar-refractivity contribution >= 4 is 44.9 Å². The zero-order valence-corrected chi connectivity index (χ0v) is 15.7. The second-order valence-electron chi connectivity index (χ2n) is 5.79. The van der Waals surface area contributed by atoms with Crippen LogP contribution in [0.3, 0.4) is 0 Å². The Balaban J connectivity index is 1.56. The molecule has 128 valence electrons. The number of amides is 1. The van der Waals surface area contributed by atoms with E-state index in [0.717, 1.165) is 16.2 Å². The number of fused-ring (bicyclic) bond motifs is 1. The van der Waals surface area contributed by atoms with Crippen molar-refractivity contribution in [1.29, 1.82) is 0 Å². The molecule has 5 heteroatoms. The third-order valence-electron chi connectivity index (χ3n) is 4.10. The number of carbonyl (C=O) groups is 1. The first-order valence-electron chi connectivity index (χ1n) is 8.13. The molecular formula is C21H16N2OS2. The molecule has 4 rings (SSSR count). The van der Waals surface area contributed by atoms with Crippen LogP contribution in [0.1, 0.15) is 10.4 Å². The summed E-state index contributed by atoms with van der Waals surface area (Å²) in [5, 5.41) is 7.85. The van der Waals surface area contributed by atoms with Gasteiger partial charge in [-0.15, -0.1) is 23.1 Å². The van der Waals surface area contributed by atoms with Gasteiger partial charge in [0.15, 0.2) is 5.13 Å². The zero-order valence-electron chi connectivity index (χ0n) is 14.1. The molecule has 0 unspecified atom stereocenters. The first-order chi connectivity index (χ1) is 12.7. The lowest BCUT2D eigenvalue weighted by molar-refractivity contribution is 0.102. The van der Waals surface area contributed by atoms with Crippen molar-refractivity contribution in [2.45, 2.75) is 4.90 Å². The summed E-state index contributed by atoms with van der Waals surface area (Å²) in [6.07, 6.45) is 1.99. The number of hydrogen-bond donors (Lipinski definition) is 1. The molecular weight excluding hydrogens is 360 g/mol. The Kier molecular flexibility index (Phi) is 4.73. The highest BCUT2D eigenvalue weighted by Gasteiger charge is 2.11. The van der Waals surface area contributed by atoms with Gasteiger partial charge in [0.25, 0.3) is 5.91 Å². The maximum atomic E-state index is 12.4. The molecule has 26 heavy (non-hydrogen) atoms. The van der Waals surface area contributed by atoms with Gasteiger partial charge in [-0.1, -0.05) is 42.5 Å². The summed E-state index contributed by atoms with van der Waals surface area (Å²) >= 11 is 3.05. The van der Waals surface area contributed by atoms with E-state index in [0.29, 0.717) is 10.7 Å². The summed E-state index contributed by atoms with van der Waals surface area (Å²) < 4.78 is 0. The standard InChI is InChI=1S/C21H16N2OS2/c1-25-18-8-4-7-17(12-18)20(24)23-21-22-19(13-26-21)16-10-9-14-5-2-3-6-15(14)11-16/h2-13H,1H3,(H,22,23,24). The Morgan fingerprint density at radius 2 is 1.85 bits per heavy atom. The highest BCUT2D eigenvalue weighted by Crippen LogP contribution is 2.28. The summed E-state index contributed by atoms with van der Waals surface area (Å²) in [7, 11) is 0. The van der Waals surface area contributed by atoms with Crippen LogP contribution < -0.4 is 5.32 Å². The summed E-state index contributed by atoms with van der Waals surface area (Å²) in [6, 6.07) is 22.1. The van der Waals surface area contributed by atoms with Crippen molar-refractivity contribution in [3.8, 4) is 11.3 Å². The van der Waals surface area contributed by atoms with Crippen LogP contribution in [0.5, 0.6) is 0 Å². The number of nitrogens with zero attached hydrogens (tertiary/aromatic N) is 1. The highest BCUT2D eigenvalue weighted by molar-refractivity contribution is 7.98. The molecule has 0 atom stereocenters. The third-order valence-corrected chi connectivity index (χ3v) is 5.58. The van der Waals surface area contributed by atoms with E-state index >= 15 is 0 Å². The predicted molar refractivity (Wildman–Crippen MR) is 111 cm³/mol. The summed E-state index contributed by atoms with van der Waals surface area (Å²) in [4.78, 5) is 18.1. The number of aromatic nitrogens is 1. The van der Waals surface area contributed by atoms with Crippen LogP contribution in [0, 0.1) is 0 Å². The van der Waals surface area contributed by atoms with E-state index in [9.17, 15) is 4.79 Å². The number of carbonyl (C=O) groups excluding carboxylic acids is 1. The quantitative estimate of drug-likeness (QED) is 0.448. The summed E-state index contributed by atoms with van der Waals surface area (Å²) in [5.74, 6) is -0.139. The second-order valence-corrected chi connectivity index (χ2v) is 7.52.